The van der Waals surface area contributed by atoms with Crippen molar-refractivity contribution in [2.75, 3.05) is 19.7 Å². The van der Waals surface area contributed by atoms with Crippen LogP contribution in [0.5, 0.6) is 5.75 Å². The molecule has 2 heterocycles. The molecule has 1 aromatic rings. The molecule has 0 radical (unpaired) electrons. The van der Waals surface area contributed by atoms with Crippen molar-refractivity contribution in [2.45, 2.75) is 37.4 Å². The smallest absolute Gasteiger partial charge is 0.416 e. The van der Waals surface area contributed by atoms with Gasteiger partial charge in [0.1, 0.15) is 29.1 Å². The average Bonchev–Trinajstić information content (AvgIpc) is 3.27. The van der Waals surface area contributed by atoms with E-state index in [1.54, 1.807) is 11.5 Å². The van der Waals surface area contributed by atoms with E-state index in [4.69, 9.17) is 25.3 Å². The van der Waals surface area contributed by atoms with Gasteiger partial charge in [0.25, 0.3) is 0 Å². The van der Waals surface area contributed by atoms with E-state index >= 15 is 0 Å². The van der Waals surface area contributed by atoms with Gasteiger partial charge in [-0.15, -0.1) is 11.8 Å². The maximum atomic E-state index is 14.0. The van der Waals surface area contributed by atoms with E-state index in [1.807, 2.05) is 11.8 Å². The van der Waals surface area contributed by atoms with Crippen LogP contribution >= 0.6 is 11.8 Å². The van der Waals surface area contributed by atoms with Crippen LogP contribution in [0, 0.1) is 22.6 Å². The van der Waals surface area contributed by atoms with Crippen LogP contribution in [-0.4, -0.2) is 63.5 Å². The highest BCUT2D eigenvalue weighted by molar-refractivity contribution is 8.03. The molecule has 1 saturated carbocycles. The molecule has 0 spiro atoms. The number of halogens is 1. The highest BCUT2D eigenvalue weighted by atomic mass is 32.2. The van der Waals surface area contributed by atoms with Gasteiger partial charge < -0.3 is 35.0 Å². The first kappa shape index (κ1) is 21.9. The third-order valence-corrected chi connectivity index (χ3v) is 6.68. The van der Waals surface area contributed by atoms with Crippen LogP contribution in [0.25, 0.3) is 5.70 Å². The van der Waals surface area contributed by atoms with E-state index < -0.39 is 12.0 Å². The standard InChI is InChI=1S/C20H22FN3O6S/c1-19(2-3-19)18(25)24-4-5-29-16(9-24)17-23-14(10-31-17)12-6-11(8-22)13(21)7-15(12)30-20(26,27)28/h6-7,10,16-17,23,26-28H,2-5,9H2,1H3. The minimum atomic E-state index is -3.52. The topological polar surface area (TPSA) is 135 Å². The zero-order chi connectivity index (χ0) is 22.4. The molecule has 11 heteroatoms. The van der Waals surface area contributed by atoms with Crippen LogP contribution in [0.2, 0.25) is 0 Å². The number of nitrogens with one attached hydrogen (secondary N) is 1. The van der Waals surface area contributed by atoms with Gasteiger partial charge in [-0.1, -0.05) is 6.92 Å². The summed E-state index contributed by atoms with van der Waals surface area (Å²) < 4.78 is 24.5. The van der Waals surface area contributed by atoms with Crippen LogP contribution < -0.4 is 10.1 Å². The van der Waals surface area contributed by atoms with Crippen LogP contribution in [0.15, 0.2) is 17.5 Å². The van der Waals surface area contributed by atoms with Crippen molar-refractivity contribution >= 4 is 23.4 Å². The molecule has 4 rings (SSSR count). The second-order valence-electron chi connectivity index (χ2n) is 8.07. The minimum absolute atomic E-state index is 0.134. The van der Waals surface area contributed by atoms with Gasteiger partial charge in [0.15, 0.2) is 0 Å². The number of rotatable bonds is 5. The second kappa shape index (κ2) is 7.96. The number of hydrogen-bond acceptors (Lipinski definition) is 9. The van der Waals surface area contributed by atoms with Crippen molar-refractivity contribution in [3.05, 3.63) is 34.5 Å². The number of ether oxygens (including phenoxy) is 2. The fraction of sp³-hybridized carbons (Fsp3) is 0.500. The summed E-state index contributed by atoms with van der Waals surface area (Å²) in [5.41, 5.74) is 0.0398. The maximum absolute atomic E-state index is 14.0. The van der Waals surface area contributed by atoms with Gasteiger partial charge in [0, 0.05) is 30.1 Å². The molecule has 0 aromatic heterocycles. The lowest BCUT2D eigenvalue weighted by molar-refractivity contribution is -0.419. The number of aliphatic hydroxyl groups is 3. The molecular weight excluding hydrogens is 429 g/mol. The van der Waals surface area contributed by atoms with Gasteiger partial charge in [-0.25, -0.2) is 4.39 Å². The molecule has 2 atom stereocenters. The zero-order valence-electron chi connectivity index (χ0n) is 16.7. The van der Waals surface area contributed by atoms with E-state index in [0.717, 1.165) is 18.9 Å². The Morgan fingerprint density at radius 1 is 1.45 bits per heavy atom. The quantitative estimate of drug-likeness (QED) is 0.476. The summed E-state index contributed by atoms with van der Waals surface area (Å²) in [6.45, 7) is 3.33. The van der Waals surface area contributed by atoms with Gasteiger partial charge in [0.05, 0.1) is 17.9 Å². The second-order valence-corrected chi connectivity index (χ2v) is 9.09. The van der Waals surface area contributed by atoms with Gasteiger partial charge >= 0.3 is 6.16 Å². The van der Waals surface area contributed by atoms with Crippen molar-refractivity contribution in [1.29, 1.82) is 5.26 Å². The number of benzene rings is 1. The van der Waals surface area contributed by atoms with Gasteiger partial charge in [-0.3, -0.25) is 4.79 Å². The Balaban J connectivity index is 1.50. The highest BCUT2D eigenvalue weighted by Crippen LogP contribution is 2.47. The summed E-state index contributed by atoms with van der Waals surface area (Å²) in [5.74, 6) is -1.17. The Labute approximate surface area is 182 Å². The number of amides is 1. The summed E-state index contributed by atoms with van der Waals surface area (Å²) >= 11 is 1.38. The summed E-state index contributed by atoms with van der Waals surface area (Å²) in [4.78, 5) is 14.5. The van der Waals surface area contributed by atoms with Crippen LogP contribution in [-0.2, 0) is 9.53 Å². The Morgan fingerprint density at radius 3 is 2.84 bits per heavy atom. The van der Waals surface area contributed by atoms with Gasteiger partial charge in [-0.2, -0.15) is 5.26 Å². The van der Waals surface area contributed by atoms with Crippen molar-refractivity contribution in [2.24, 2.45) is 5.41 Å². The molecule has 1 saturated heterocycles. The molecule has 2 aliphatic heterocycles. The first-order valence-electron chi connectivity index (χ1n) is 9.73. The van der Waals surface area contributed by atoms with E-state index in [-0.39, 0.29) is 39.7 Å². The molecule has 31 heavy (non-hydrogen) atoms. The Bertz CT molecular complexity index is 969. The van der Waals surface area contributed by atoms with E-state index in [9.17, 15) is 9.18 Å². The first-order chi connectivity index (χ1) is 14.6. The number of nitriles is 1. The molecule has 2 fully saturated rings. The SMILES string of the molecule is CC1(C(=O)N2CCOC(C3NC(c4cc(C#N)c(F)cc4OC(O)(O)O)=CS3)C2)CC1. The molecule has 1 aliphatic carbocycles. The van der Waals surface area contributed by atoms with E-state index in [1.165, 1.54) is 17.8 Å². The number of thioether (sulfide) groups is 1. The first-order valence-corrected chi connectivity index (χ1v) is 10.7. The molecular formula is C20H22FN3O6S. The number of hydrogen-bond donors (Lipinski definition) is 4. The van der Waals surface area contributed by atoms with Gasteiger partial charge in [0.2, 0.25) is 5.91 Å². The molecule has 2 unspecified atom stereocenters. The Kier molecular flexibility index (Phi) is 5.61. The number of carbonyl (C=O) groups excluding carboxylic acids is 1. The minimum Gasteiger partial charge on any atom is -0.416 e. The Morgan fingerprint density at radius 2 is 2.19 bits per heavy atom. The lowest BCUT2D eigenvalue weighted by atomic mass is 10.1. The predicted octanol–water partition coefficient (Wildman–Crippen LogP) is 0.653. The van der Waals surface area contributed by atoms with Crippen molar-refractivity contribution in [3.63, 3.8) is 0 Å². The van der Waals surface area contributed by atoms with Crippen LogP contribution in [0.3, 0.4) is 0 Å². The van der Waals surface area contributed by atoms with Crippen molar-refractivity contribution in [3.8, 4) is 11.8 Å². The molecule has 1 amide bonds. The maximum Gasteiger partial charge on any atom is 0.453 e. The molecule has 0 bridgehead atoms. The zero-order valence-corrected chi connectivity index (χ0v) is 17.5. The fourth-order valence-electron chi connectivity index (χ4n) is 3.59. The third kappa shape index (κ3) is 4.63. The lowest BCUT2D eigenvalue weighted by Gasteiger charge is -2.37. The van der Waals surface area contributed by atoms with Crippen LogP contribution in [0.4, 0.5) is 4.39 Å². The largest absolute Gasteiger partial charge is 0.453 e. The number of carbonyl (C=O) groups is 1. The molecule has 9 nitrogen and oxygen atoms in total. The lowest BCUT2D eigenvalue weighted by Crippen LogP contribution is -2.52. The summed E-state index contributed by atoms with van der Waals surface area (Å²) in [5, 5.41) is 41.2. The highest BCUT2D eigenvalue weighted by Gasteiger charge is 2.48. The number of nitrogens with zero attached hydrogens (tertiary/aromatic N) is 2. The average molecular weight is 451 g/mol. The molecule has 4 N–H and O–H groups in total. The van der Waals surface area contributed by atoms with Crippen LogP contribution in [0.1, 0.15) is 30.9 Å². The molecule has 3 aliphatic rings. The van der Waals surface area contributed by atoms with Gasteiger partial charge in [-0.05, 0) is 24.3 Å². The molecule has 1 aromatic carbocycles. The fourth-order valence-corrected chi connectivity index (χ4v) is 4.61. The molecule has 166 valence electrons. The van der Waals surface area contributed by atoms with Crippen molar-refractivity contribution < 1.29 is 34.0 Å². The van der Waals surface area contributed by atoms with Crippen molar-refractivity contribution in [1.82, 2.24) is 10.2 Å². The van der Waals surface area contributed by atoms with E-state index in [2.05, 4.69) is 10.1 Å². The normalized spacial score (nSPS) is 24.8. The van der Waals surface area contributed by atoms with E-state index in [0.29, 0.717) is 25.4 Å². The summed E-state index contributed by atoms with van der Waals surface area (Å²) in [6, 6.07) is 3.69. The summed E-state index contributed by atoms with van der Waals surface area (Å²) in [7, 11) is 0. The Hall–Kier alpha value is -2.36. The number of morpholine rings is 1. The third-order valence-electron chi connectivity index (χ3n) is 5.59. The monoisotopic (exact) mass is 451 g/mol. The summed E-state index contributed by atoms with van der Waals surface area (Å²) in [6.07, 6.45) is -2.04. The predicted molar refractivity (Wildman–Crippen MR) is 107 cm³/mol.